The molecular weight excluding hydrogens is 208 g/mol. The minimum atomic E-state index is 0.515. The summed E-state index contributed by atoms with van der Waals surface area (Å²) in [6, 6.07) is 3.92. The van der Waals surface area contributed by atoms with Crippen LogP contribution in [0, 0.1) is 6.92 Å². The second-order valence-electron chi connectivity index (χ2n) is 3.08. The molecule has 0 saturated heterocycles. The van der Waals surface area contributed by atoms with E-state index in [-0.39, 0.29) is 0 Å². The second kappa shape index (κ2) is 5.71. The van der Waals surface area contributed by atoms with Crippen LogP contribution in [0.1, 0.15) is 5.56 Å². The molecular formula is C12H16O2S. The molecule has 0 radical (unpaired) electrons. The third-order valence-corrected chi connectivity index (χ3v) is 2.94. The number of thioether (sulfide) groups is 1. The summed E-state index contributed by atoms with van der Waals surface area (Å²) in [5.41, 5.74) is 1.17. The molecule has 0 aliphatic rings. The Morgan fingerprint density at radius 3 is 2.73 bits per heavy atom. The first kappa shape index (κ1) is 12.0. The van der Waals surface area contributed by atoms with E-state index < -0.39 is 0 Å². The Labute approximate surface area is 95.3 Å². The zero-order valence-electron chi connectivity index (χ0n) is 9.37. The van der Waals surface area contributed by atoms with Gasteiger partial charge in [0.05, 0.1) is 12.0 Å². The van der Waals surface area contributed by atoms with Gasteiger partial charge in [0.2, 0.25) is 0 Å². The van der Waals surface area contributed by atoms with E-state index in [1.54, 1.807) is 24.9 Å². The lowest BCUT2D eigenvalue weighted by atomic mass is 10.2. The third-order valence-electron chi connectivity index (χ3n) is 2.01. The highest BCUT2D eigenvalue weighted by Gasteiger charge is 2.08. The quantitative estimate of drug-likeness (QED) is 0.565. The van der Waals surface area contributed by atoms with Crippen molar-refractivity contribution in [3.05, 3.63) is 30.4 Å². The molecule has 1 rings (SSSR count). The summed E-state index contributed by atoms with van der Waals surface area (Å²) in [7, 11) is 1.67. The van der Waals surface area contributed by atoms with Gasteiger partial charge in [-0.3, -0.25) is 0 Å². The number of ether oxygens (including phenoxy) is 2. The minimum Gasteiger partial charge on any atom is -0.495 e. The van der Waals surface area contributed by atoms with Crippen molar-refractivity contribution in [1.82, 2.24) is 0 Å². The van der Waals surface area contributed by atoms with Crippen molar-refractivity contribution in [3.63, 3.8) is 0 Å². The van der Waals surface area contributed by atoms with Gasteiger partial charge in [-0.25, -0.2) is 0 Å². The summed E-state index contributed by atoms with van der Waals surface area (Å²) >= 11 is 1.68. The summed E-state index contributed by atoms with van der Waals surface area (Å²) < 4.78 is 10.8. The van der Waals surface area contributed by atoms with E-state index in [1.165, 1.54) is 5.56 Å². The number of hydrogen-bond donors (Lipinski definition) is 0. The van der Waals surface area contributed by atoms with Crippen molar-refractivity contribution in [2.75, 3.05) is 20.0 Å². The largest absolute Gasteiger partial charge is 0.495 e. The molecule has 0 atom stereocenters. The van der Waals surface area contributed by atoms with Crippen LogP contribution in [-0.2, 0) is 0 Å². The highest BCUT2D eigenvalue weighted by molar-refractivity contribution is 7.98. The van der Waals surface area contributed by atoms with E-state index >= 15 is 0 Å². The van der Waals surface area contributed by atoms with E-state index in [0.717, 1.165) is 16.4 Å². The van der Waals surface area contributed by atoms with Crippen molar-refractivity contribution in [2.24, 2.45) is 0 Å². The number of aryl methyl sites for hydroxylation is 1. The van der Waals surface area contributed by atoms with Gasteiger partial charge in [-0.2, -0.15) is 0 Å². The van der Waals surface area contributed by atoms with Gasteiger partial charge >= 0.3 is 0 Å². The van der Waals surface area contributed by atoms with E-state index in [4.69, 9.17) is 9.47 Å². The Hall–Kier alpha value is -1.09. The van der Waals surface area contributed by atoms with E-state index in [2.05, 4.69) is 13.5 Å². The molecule has 0 saturated carbocycles. The maximum atomic E-state index is 5.47. The predicted molar refractivity (Wildman–Crippen MR) is 65.2 cm³/mol. The van der Waals surface area contributed by atoms with Crippen LogP contribution in [0.4, 0.5) is 0 Å². The van der Waals surface area contributed by atoms with Crippen molar-refractivity contribution < 1.29 is 9.47 Å². The van der Waals surface area contributed by atoms with Crippen LogP contribution in [0.5, 0.6) is 11.5 Å². The van der Waals surface area contributed by atoms with Crippen molar-refractivity contribution in [1.29, 1.82) is 0 Å². The van der Waals surface area contributed by atoms with Gasteiger partial charge in [0.1, 0.15) is 18.1 Å². The van der Waals surface area contributed by atoms with E-state index in [1.807, 2.05) is 18.4 Å². The number of rotatable bonds is 5. The number of benzene rings is 1. The van der Waals surface area contributed by atoms with Gasteiger partial charge in [0.15, 0.2) is 0 Å². The zero-order chi connectivity index (χ0) is 11.3. The van der Waals surface area contributed by atoms with Crippen LogP contribution >= 0.6 is 11.8 Å². The average Bonchev–Trinajstić information content (AvgIpc) is 2.25. The van der Waals surface area contributed by atoms with Crippen LogP contribution in [0.15, 0.2) is 29.7 Å². The van der Waals surface area contributed by atoms with Gasteiger partial charge in [0.25, 0.3) is 0 Å². The molecule has 1 aromatic carbocycles. The highest BCUT2D eigenvalue weighted by atomic mass is 32.2. The smallest absolute Gasteiger partial charge is 0.136 e. The molecule has 0 spiro atoms. The lowest BCUT2D eigenvalue weighted by Crippen LogP contribution is -1.96. The molecule has 0 bridgehead atoms. The Balaban J connectivity index is 3.02. The Morgan fingerprint density at radius 2 is 2.20 bits per heavy atom. The lowest BCUT2D eigenvalue weighted by molar-refractivity contribution is 0.354. The van der Waals surface area contributed by atoms with Crippen molar-refractivity contribution in [2.45, 2.75) is 11.8 Å². The molecule has 0 unspecified atom stereocenters. The molecule has 2 nitrogen and oxygen atoms in total. The van der Waals surface area contributed by atoms with Crippen LogP contribution in [0.3, 0.4) is 0 Å². The van der Waals surface area contributed by atoms with Gasteiger partial charge < -0.3 is 9.47 Å². The first-order chi connectivity index (χ1) is 7.22. The highest BCUT2D eigenvalue weighted by Crippen LogP contribution is 2.34. The third kappa shape index (κ3) is 2.93. The fourth-order valence-electron chi connectivity index (χ4n) is 1.36. The molecule has 0 aliphatic carbocycles. The summed E-state index contributed by atoms with van der Waals surface area (Å²) in [6.45, 7) is 6.18. The average molecular weight is 224 g/mol. The fourth-order valence-corrected chi connectivity index (χ4v) is 2.09. The number of hydrogen-bond acceptors (Lipinski definition) is 3. The molecule has 82 valence electrons. The zero-order valence-corrected chi connectivity index (χ0v) is 10.2. The predicted octanol–water partition coefficient (Wildman–Crippen LogP) is 3.29. The molecule has 0 N–H and O–H groups in total. The fraction of sp³-hybridized carbons (Fsp3) is 0.333. The molecule has 0 fully saturated rings. The molecule has 0 aliphatic heterocycles. The van der Waals surface area contributed by atoms with Crippen LogP contribution in [0.2, 0.25) is 0 Å². The topological polar surface area (TPSA) is 18.5 Å². The summed E-state index contributed by atoms with van der Waals surface area (Å²) in [5.74, 6) is 1.68. The van der Waals surface area contributed by atoms with Crippen LogP contribution in [0.25, 0.3) is 0 Å². The second-order valence-corrected chi connectivity index (χ2v) is 3.89. The first-order valence-electron chi connectivity index (χ1n) is 4.69. The maximum absolute atomic E-state index is 5.47. The molecule has 0 heterocycles. The van der Waals surface area contributed by atoms with Gasteiger partial charge in [-0.15, -0.1) is 11.8 Å². The normalized spacial score (nSPS) is 9.80. The SMILES string of the molecule is C=CCOc1cc(C)c(SC)c(OC)c1. The van der Waals surface area contributed by atoms with Crippen molar-refractivity contribution >= 4 is 11.8 Å². The molecule has 0 aromatic heterocycles. The molecule has 1 aromatic rings. The standard InChI is InChI=1S/C12H16O2S/c1-5-6-14-10-7-9(2)12(15-4)11(8-10)13-3/h5,7-8H,1,6H2,2-4H3. The number of methoxy groups -OCH3 is 1. The first-order valence-corrected chi connectivity index (χ1v) is 5.91. The monoisotopic (exact) mass is 224 g/mol. The lowest BCUT2D eigenvalue weighted by Gasteiger charge is -2.12. The van der Waals surface area contributed by atoms with Gasteiger partial charge in [-0.1, -0.05) is 12.7 Å². The Morgan fingerprint density at radius 1 is 1.47 bits per heavy atom. The summed E-state index contributed by atoms with van der Waals surface area (Å²) in [6.07, 6.45) is 3.76. The Kier molecular flexibility index (Phi) is 4.56. The Bertz CT molecular complexity index is 348. The van der Waals surface area contributed by atoms with E-state index in [0.29, 0.717) is 6.61 Å². The van der Waals surface area contributed by atoms with Crippen molar-refractivity contribution in [3.8, 4) is 11.5 Å². The van der Waals surface area contributed by atoms with E-state index in [9.17, 15) is 0 Å². The molecule has 0 amide bonds. The summed E-state index contributed by atoms with van der Waals surface area (Å²) in [4.78, 5) is 1.16. The maximum Gasteiger partial charge on any atom is 0.136 e. The molecule has 15 heavy (non-hydrogen) atoms. The van der Waals surface area contributed by atoms with Gasteiger partial charge in [-0.05, 0) is 24.8 Å². The minimum absolute atomic E-state index is 0.515. The molecule has 3 heteroatoms. The van der Waals surface area contributed by atoms with Crippen LogP contribution < -0.4 is 9.47 Å². The van der Waals surface area contributed by atoms with Crippen LogP contribution in [-0.4, -0.2) is 20.0 Å². The van der Waals surface area contributed by atoms with Gasteiger partial charge in [0, 0.05) is 6.07 Å². The summed E-state index contributed by atoms with van der Waals surface area (Å²) in [5, 5.41) is 0.